The lowest BCUT2D eigenvalue weighted by atomic mass is 9.99. The molecule has 1 unspecified atom stereocenters. The number of anilines is 1. The Kier molecular flexibility index (Phi) is 4.25. The van der Waals surface area contributed by atoms with Crippen molar-refractivity contribution in [3.8, 4) is 0 Å². The summed E-state index contributed by atoms with van der Waals surface area (Å²) in [6.07, 6.45) is 1.82. The van der Waals surface area contributed by atoms with Crippen LogP contribution in [0.4, 0.5) is 5.69 Å². The number of benzene rings is 2. The highest BCUT2D eigenvalue weighted by Gasteiger charge is 2.29. The topological polar surface area (TPSA) is 41.6 Å². The van der Waals surface area contributed by atoms with Gasteiger partial charge in [-0.2, -0.15) is 5.10 Å². The van der Waals surface area contributed by atoms with Gasteiger partial charge in [-0.15, -0.1) is 0 Å². The van der Waals surface area contributed by atoms with Crippen molar-refractivity contribution in [2.45, 2.75) is 32.7 Å². The molecule has 1 aliphatic rings. The first-order chi connectivity index (χ1) is 10.7. The highest BCUT2D eigenvalue weighted by Crippen LogP contribution is 2.37. The van der Waals surface area contributed by atoms with Crippen molar-refractivity contribution in [2.75, 3.05) is 11.6 Å². The van der Waals surface area contributed by atoms with E-state index in [9.17, 15) is 0 Å². The van der Waals surface area contributed by atoms with E-state index in [1.54, 1.807) is 0 Å². The Morgan fingerprint density at radius 1 is 1.14 bits per heavy atom. The zero-order valence-corrected chi connectivity index (χ0v) is 13.3. The second-order valence-corrected chi connectivity index (χ2v) is 5.97. The number of nitrogens with two attached hydrogens (primary N) is 1. The van der Waals surface area contributed by atoms with Crippen molar-refractivity contribution >= 4 is 11.4 Å². The zero-order valence-electron chi connectivity index (χ0n) is 13.3. The van der Waals surface area contributed by atoms with Gasteiger partial charge < -0.3 is 5.73 Å². The summed E-state index contributed by atoms with van der Waals surface area (Å²) in [5.41, 5.74) is 12.0. The molecule has 0 radical (unpaired) electrons. The minimum absolute atomic E-state index is 0.268. The maximum absolute atomic E-state index is 5.73. The van der Waals surface area contributed by atoms with Crippen LogP contribution in [0.1, 0.15) is 35.6 Å². The van der Waals surface area contributed by atoms with Crippen LogP contribution in [0.2, 0.25) is 0 Å². The third-order valence-corrected chi connectivity index (χ3v) is 4.19. The van der Waals surface area contributed by atoms with E-state index in [4.69, 9.17) is 10.8 Å². The van der Waals surface area contributed by atoms with E-state index in [1.165, 1.54) is 28.1 Å². The fourth-order valence-corrected chi connectivity index (χ4v) is 3.11. The van der Waals surface area contributed by atoms with Gasteiger partial charge in [0.1, 0.15) is 0 Å². The van der Waals surface area contributed by atoms with Crippen molar-refractivity contribution in [3.05, 3.63) is 65.2 Å². The maximum Gasteiger partial charge on any atom is 0.0828 e. The molecule has 0 amide bonds. The predicted octanol–water partition coefficient (Wildman–Crippen LogP) is 3.96. The lowest BCUT2D eigenvalue weighted by Crippen LogP contribution is -2.19. The SMILES string of the molecule is Cc1ccc(N2N=C(CCN)CC2c2ccccc2)c(C)c1. The molecule has 0 saturated carbocycles. The van der Waals surface area contributed by atoms with E-state index in [0.29, 0.717) is 6.54 Å². The summed E-state index contributed by atoms with van der Waals surface area (Å²) in [6.45, 7) is 4.93. The molecule has 1 aliphatic heterocycles. The Morgan fingerprint density at radius 3 is 2.59 bits per heavy atom. The molecule has 1 atom stereocenters. The van der Waals surface area contributed by atoms with Crippen molar-refractivity contribution in [2.24, 2.45) is 10.8 Å². The van der Waals surface area contributed by atoms with Crippen LogP contribution in [-0.4, -0.2) is 12.3 Å². The second-order valence-electron chi connectivity index (χ2n) is 5.97. The van der Waals surface area contributed by atoms with Gasteiger partial charge in [-0.1, -0.05) is 48.0 Å². The first kappa shape index (κ1) is 14.8. The number of rotatable bonds is 4. The molecule has 0 bridgehead atoms. The molecule has 114 valence electrons. The van der Waals surface area contributed by atoms with Gasteiger partial charge in [0, 0.05) is 12.1 Å². The van der Waals surface area contributed by atoms with Gasteiger partial charge in [0.2, 0.25) is 0 Å². The van der Waals surface area contributed by atoms with Crippen LogP contribution >= 0.6 is 0 Å². The Labute approximate surface area is 132 Å². The summed E-state index contributed by atoms with van der Waals surface area (Å²) in [7, 11) is 0. The van der Waals surface area contributed by atoms with E-state index in [0.717, 1.165) is 12.8 Å². The summed E-state index contributed by atoms with van der Waals surface area (Å²) >= 11 is 0. The minimum atomic E-state index is 0.268. The summed E-state index contributed by atoms with van der Waals surface area (Å²) in [4.78, 5) is 0. The number of nitrogens with zero attached hydrogens (tertiary/aromatic N) is 2. The predicted molar refractivity (Wildman–Crippen MR) is 93.3 cm³/mol. The van der Waals surface area contributed by atoms with Crippen LogP contribution in [0.3, 0.4) is 0 Å². The molecule has 0 aliphatic carbocycles. The summed E-state index contributed by atoms with van der Waals surface area (Å²) in [6, 6.07) is 17.4. The van der Waals surface area contributed by atoms with Crippen LogP contribution in [0.15, 0.2) is 53.6 Å². The maximum atomic E-state index is 5.73. The van der Waals surface area contributed by atoms with E-state index in [1.807, 2.05) is 0 Å². The summed E-state index contributed by atoms with van der Waals surface area (Å²) in [5.74, 6) is 0. The smallest absolute Gasteiger partial charge is 0.0828 e. The largest absolute Gasteiger partial charge is 0.330 e. The monoisotopic (exact) mass is 293 g/mol. The Bertz CT molecular complexity index is 676. The van der Waals surface area contributed by atoms with Gasteiger partial charge in [0.15, 0.2) is 0 Å². The van der Waals surface area contributed by atoms with Gasteiger partial charge in [-0.05, 0) is 44.0 Å². The number of aryl methyl sites for hydroxylation is 2. The molecule has 0 fully saturated rings. The van der Waals surface area contributed by atoms with E-state index in [-0.39, 0.29) is 6.04 Å². The fourth-order valence-electron chi connectivity index (χ4n) is 3.11. The normalized spacial score (nSPS) is 17.7. The van der Waals surface area contributed by atoms with Crippen LogP contribution in [-0.2, 0) is 0 Å². The molecule has 22 heavy (non-hydrogen) atoms. The van der Waals surface area contributed by atoms with Gasteiger partial charge in [0.05, 0.1) is 11.7 Å². The third-order valence-electron chi connectivity index (χ3n) is 4.19. The Balaban J connectivity index is 1.99. The first-order valence-electron chi connectivity index (χ1n) is 7.87. The summed E-state index contributed by atoms with van der Waals surface area (Å²) < 4.78 is 0. The lowest BCUT2D eigenvalue weighted by Gasteiger charge is -2.25. The standard InChI is InChI=1S/C19H23N3/c1-14-8-9-18(15(2)12-14)22-19(13-17(21-22)10-11-20)16-6-4-3-5-7-16/h3-9,12,19H,10-11,13,20H2,1-2H3. The lowest BCUT2D eigenvalue weighted by molar-refractivity contribution is 0.705. The Morgan fingerprint density at radius 2 is 1.91 bits per heavy atom. The van der Waals surface area contributed by atoms with E-state index >= 15 is 0 Å². The molecule has 2 aromatic rings. The molecule has 2 N–H and O–H groups in total. The van der Waals surface area contributed by atoms with Crippen LogP contribution in [0.5, 0.6) is 0 Å². The zero-order chi connectivity index (χ0) is 15.5. The third kappa shape index (κ3) is 2.90. The molecule has 1 heterocycles. The fraction of sp³-hybridized carbons (Fsp3) is 0.316. The van der Waals surface area contributed by atoms with E-state index in [2.05, 4.69) is 67.4 Å². The van der Waals surface area contributed by atoms with Crippen molar-refractivity contribution in [3.63, 3.8) is 0 Å². The minimum Gasteiger partial charge on any atom is -0.330 e. The number of hydrogen-bond donors (Lipinski definition) is 1. The first-order valence-corrected chi connectivity index (χ1v) is 7.87. The van der Waals surface area contributed by atoms with Crippen molar-refractivity contribution in [1.29, 1.82) is 0 Å². The average molecular weight is 293 g/mol. The number of hydrazone groups is 1. The summed E-state index contributed by atoms with van der Waals surface area (Å²) in [5, 5.41) is 7.04. The van der Waals surface area contributed by atoms with Gasteiger partial charge in [-0.3, -0.25) is 5.01 Å². The highest BCUT2D eigenvalue weighted by molar-refractivity contribution is 5.89. The average Bonchev–Trinajstić information content (AvgIpc) is 2.92. The highest BCUT2D eigenvalue weighted by atomic mass is 15.5. The molecule has 0 saturated heterocycles. The molecule has 3 nitrogen and oxygen atoms in total. The van der Waals surface area contributed by atoms with Gasteiger partial charge >= 0.3 is 0 Å². The molecule has 0 aromatic heterocycles. The molecule has 0 spiro atoms. The van der Waals surface area contributed by atoms with Crippen LogP contribution in [0, 0.1) is 13.8 Å². The molecule has 2 aromatic carbocycles. The van der Waals surface area contributed by atoms with Gasteiger partial charge in [-0.25, -0.2) is 0 Å². The van der Waals surface area contributed by atoms with Crippen LogP contribution in [0.25, 0.3) is 0 Å². The number of hydrogen-bond acceptors (Lipinski definition) is 3. The van der Waals surface area contributed by atoms with Crippen LogP contribution < -0.4 is 10.7 Å². The van der Waals surface area contributed by atoms with E-state index < -0.39 is 0 Å². The quantitative estimate of drug-likeness (QED) is 0.927. The molecular formula is C19H23N3. The molecule has 3 heteroatoms. The van der Waals surface area contributed by atoms with Crippen molar-refractivity contribution in [1.82, 2.24) is 0 Å². The Hall–Kier alpha value is -2.13. The van der Waals surface area contributed by atoms with Crippen molar-refractivity contribution < 1.29 is 0 Å². The molecular weight excluding hydrogens is 270 g/mol. The second kappa shape index (κ2) is 6.32. The molecule has 3 rings (SSSR count). The van der Waals surface area contributed by atoms with Gasteiger partial charge in [0.25, 0.3) is 0 Å².